The molecule has 0 spiro atoms. The fraction of sp³-hybridized carbons (Fsp3) is 0.250. The van der Waals surface area contributed by atoms with E-state index in [2.05, 4.69) is 0 Å². The van der Waals surface area contributed by atoms with Gasteiger partial charge in [-0.15, -0.1) is 0 Å². The minimum atomic E-state index is -3.45. The number of nitrogens with zero attached hydrogens (tertiary/aromatic N) is 1. The normalized spacial score (nSPS) is 12.5. The molecule has 2 aromatic carbocycles. The van der Waals surface area contributed by atoms with Crippen LogP contribution in [0.1, 0.15) is 13.8 Å². The molecule has 1 aromatic heterocycles. The van der Waals surface area contributed by atoms with E-state index in [0.29, 0.717) is 23.6 Å². The van der Waals surface area contributed by atoms with E-state index in [1.807, 2.05) is 38.1 Å². The number of sulfonamides is 1. The Balaban J connectivity index is 2.23. The molecule has 0 aliphatic heterocycles. The van der Waals surface area contributed by atoms with Crippen LogP contribution in [0.5, 0.6) is 0 Å². The van der Waals surface area contributed by atoms with Crippen LogP contribution in [0, 0.1) is 0 Å². The molecule has 0 atom stereocenters. The van der Waals surface area contributed by atoms with E-state index < -0.39 is 10.0 Å². The summed E-state index contributed by atoms with van der Waals surface area (Å²) < 4.78 is 32.4. The van der Waals surface area contributed by atoms with Crippen molar-refractivity contribution in [3.05, 3.63) is 42.5 Å². The minimum Gasteiger partial charge on any atom is -0.456 e. The van der Waals surface area contributed by atoms with Crippen LogP contribution in [0.3, 0.4) is 0 Å². The Kier molecular flexibility index (Phi) is 3.47. The summed E-state index contributed by atoms with van der Waals surface area (Å²) in [6.07, 6.45) is 0. The highest BCUT2D eigenvalue weighted by Gasteiger charge is 2.22. The molecule has 0 bridgehead atoms. The van der Waals surface area contributed by atoms with Crippen molar-refractivity contribution in [2.24, 2.45) is 0 Å². The molecule has 4 nitrogen and oxygen atoms in total. The third-order valence-electron chi connectivity index (χ3n) is 3.69. The molecule has 0 aliphatic carbocycles. The first-order valence-corrected chi connectivity index (χ1v) is 8.43. The van der Waals surface area contributed by atoms with Gasteiger partial charge in [0.15, 0.2) is 0 Å². The molecule has 0 unspecified atom stereocenters. The van der Waals surface area contributed by atoms with Gasteiger partial charge in [0.2, 0.25) is 10.0 Å². The van der Waals surface area contributed by atoms with Gasteiger partial charge < -0.3 is 4.42 Å². The monoisotopic (exact) mass is 303 g/mol. The van der Waals surface area contributed by atoms with Gasteiger partial charge in [0, 0.05) is 23.9 Å². The second-order valence-electron chi connectivity index (χ2n) is 4.85. The van der Waals surface area contributed by atoms with Crippen LogP contribution in [0.4, 0.5) is 0 Å². The van der Waals surface area contributed by atoms with Crippen LogP contribution in [0.25, 0.3) is 21.9 Å². The molecule has 5 heteroatoms. The van der Waals surface area contributed by atoms with Crippen LogP contribution in [-0.4, -0.2) is 25.8 Å². The Morgan fingerprint density at radius 1 is 0.952 bits per heavy atom. The molecule has 0 aliphatic rings. The van der Waals surface area contributed by atoms with Crippen LogP contribution in [0.2, 0.25) is 0 Å². The zero-order valence-corrected chi connectivity index (χ0v) is 12.9. The maximum absolute atomic E-state index is 12.6. The molecule has 1 heterocycles. The molecular formula is C16H17NO3S. The van der Waals surface area contributed by atoms with Crippen LogP contribution < -0.4 is 0 Å². The lowest BCUT2D eigenvalue weighted by Crippen LogP contribution is -2.30. The van der Waals surface area contributed by atoms with Crippen LogP contribution >= 0.6 is 0 Å². The van der Waals surface area contributed by atoms with Crippen molar-refractivity contribution in [1.82, 2.24) is 4.31 Å². The lowest BCUT2D eigenvalue weighted by atomic mass is 10.1. The van der Waals surface area contributed by atoms with Crippen molar-refractivity contribution in [1.29, 1.82) is 0 Å². The van der Waals surface area contributed by atoms with Gasteiger partial charge >= 0.3 is 0 Å². The molecule has 110 valence electrons. The highest BCUT2D eigenvalue weighted by Crippen LogP contribution is 2.30. The van der Waals surface area contributed by atoms with E-state index in [0.717, 1.165) is 16.4 Å². The van der Waals surface area contributed by atoms with E-state index >= 15 is 0 Å². The third-order valence-corrected chi connectivity index (χ3v) is 5.74. The molecule has 3 aromatic rings. The first-order chi connectivity index (χ1) is 10.1. The molecule has 0 amide bonds. The highest BCUT2D eigenvalue weighted by molar-refractivity contribution is 7.89. The van der Waals surface area contributed by atoms with Gasteiger partial charge in [0.25, 0.3) is 0 Å². The minimum absolute atomic E-state index is 0.310. The molecule has 0 N–H and O–H groups in total. The first-order valence-electron chi connectivity index (χ1n) is 6.99. The molecule has 0 fully saturated rings. The summed E-state index contributed by atoms with van der Waals surface area (Å²) >= 11 is 0. The second kappa shape index (κ2) is 5.16. The maximum atomic E-state index is 12.6. The summed E-state index contributed by atoms with van der Waals surface area (Å²) in [5.41, 5.74) is 1.47. The summed E-state index contributed by atoms with van der Waals surface area (Å²) in [4.78, 5) is 0.310. The Hall–Kier alpha value is -1.85. The number of hydrogen-bond acceptors (Lipinski definition) is 3. The molecule has 21 heavy (non-hydrogen) atoms. The summed E-state index contributed by atoms with van der Waals surface area (Å²) in [5.74, 6) is 0. The smallest absolute Gasteiger partial charge is 0.243 e. The van der Waals surface area contributed by atoms with E-state index in [-0.39, 0.29) is 0 Å². The second-order valence-corrected chi connectivity index (χ2v) is 6.78. The quantitative estimate of drug-likeness (QED) is 0.739. The number of furan rings is 1. The fourth-order valence-corrected chi connectivity index (χ4v) is 4.06. The van der Waals surface area contributed by atoms with Gasteiger partial charge in [-0.2, -0.15) is 4.31 Å². The van der Waals surface area contributed by atoms with Gasteiger partial charge in [0.1, 0.15) is 11.2 Å². The van der Waals surface area contributed by atoms with Crippen molar-refractivity contribution in [3.8, 4) is 0 Å². The molecule has 3 rings (SSSR count). The Bertz CT molecular complexity index is 892. The van der Waals surface area contributed by atoms with Crippen molar-refractivity contribution in [3.63, 3.8) is 0 Å². The van der Waals surface area contributed by atoms with Gasteiger partial charge in [-0.05, 0) is 24.3 Å². The zero-order valence-electron chi connectivity index (χ0n) is 12.0. The van der Waals surface area contributed by atoms with Gasteiger partial charge in [-0.1, -0.05) is 32.0 Å². The van der Waals surface area contributed by atoms with Crippen molar-refractivity contribution in [2.45, 2.75) is 18.7 Å². The van der Waals surface area contributed by atoms with Gasteiger partial charge in [-0.3, -0.25) is 0 Å². The van der Waals surface area contributed by atoms with Crippen LogP contribution in [0.15, 0.2) is 51.8 Å². The Morgan fingerprint density at radius 2 is 1.62 bits per heavy atom. The SMILES string of the molecule is CCN(CC)S(=O)(=O)c1ccc2oc3ccccc3c2c1. The van der Waals surface area contributed by atoms with E-state index in [9.17, 15) is 8.42 Å². The number of rotatable bonds is 4. The number of para-hydroxylation sites is 1. The summed E-state index contributed by atoms with van der Waals surface area (Å²) in [7, 11) is -3.45. The molecule has 0 radical (unpaired) electrons. The Morgan fingerprint density at radius 3 is 2.33 bits per heavy atom. The third kappa shape index (κ3) is 2.22. The van der Waals surface area contributed by atoms with Gasteiger partial charge in [0.05, 0.1) is 4.90 Å². The van der Waals surface area contributed by atoms with Crippen molar-refractivity contribution in [2.75, 3.05) is 13.1 Å². The Labute approximate surface area is 124 Å². The standard InChI is InChI=1S/C16H17NO3S/c1-3-17(4-2)21(18,19)12-9-10-16-14(11-12)13-7-5-6-8-15(13)20-16/h5-11H,3-4H2,1-2H3. The number of hydrogen-bond donors (Lipinski definition) is 0. The molecular weight excluding hydrogens is 286 g/mol. The highest BCUT2D eigenvalue weighted by atomic mass is 32.2. The van der Waals surface area contributed by atoms with E-state index in [4.69, 9.17) is 4.42 Å². The van der Waals surface area contributed by atoms with Crippen molar-refractivity contribution >= 4 is 32.0 Å². The maximum Gasteiger partial charge on any atom is 0.243 e. The predicted molar refractivity (Wildman–Crippen MR) is 83.8 cm³/mol. The van der Waals surface area contributed by atoms with E-state index in [1.54, 1.807) is 18.2 Å². The predicted octanol–water partition coefficient (Wildman–Crippen LogP) is 3.62. The number of benzene rings is 2. The lowest BCUT2D eigenvalue weighted by molar-refractivity contribution is 0.445. The summed E-state index contributed by atoms with van der Waals surface area (Å²) in [6.45, 7) is 4.60. The zero-order chi connectivity index (χ0) is 15.0. The number of fused-ring (bicyclic) bond motifs is 3. The van der Waals surface area contributed by atoms with Crippen molar-refractivity contribution < 1.29 is 12.8 Å². The fourth-order valence-electron chi connectivity index (χ4n) is 2.58. The summed E-state index contributed by atoms with van der Waals surface area (Å²) in [6, 6.07) is 12.7. The topological polar surface area (TPSA) is 50.5 Å². The molecule has 0 saturated carbocycles. The average Bonchev–Trinajstić information content (AvgIpc) is 2.86. The average molecular weight is 303 g/mol. The molecule has 0 saturated heterocycles. The van der Waals surface area contributed by atoms with Crippen LogP contribution in [-0.2, 0) is 10.0 Å². The summed E-state index contributed by atoms with van der Waals surface area (Å²) in [5, 5.41) is 1.77. The van der Waals surface area contributed by atoms with Gasteiger partial charge in [-0.25, -0.2) is 8.42 Å². The lowest BCUT2D eigenvalue weighted by Gasteiger charge is -2.18. The largest absolute Gasteiger partial charge is 0.456 e. The first kappa shape index (κ1) is 14.1. The van der Waals surface area contributed by atoms with E-state index in [1.165, 1.54) is 4.31 Å².